The van der Waals surface area contributed by atoms with Gasteiger partial charge in [-0.2, -0.15) is 0 Å². The van der Waals surface area contributed by atoms with E-state index in [0.717, 1.165) is 26.1 Å². The summed E-state index contributed by atoms with van der Waals surface area (Å²) >= 11 is 0. The van der Waals surface area contributed by atoms with Crippen molar-refractivity contribution in [2.45, 2.75) is 58.8 Å². The molecule has 0 unspecified atom stereocenters. The van der Waals surface area contributed by atoms with Crippen LogP contribution in [0.4, 0.5) is 0 Å². The second-order valence-corrected chi connectivity index (χ2v) is 5.25. The van der Waals surface area contributed by atoms with Crippen molar-refractivity contribution in [2.24, 2.45) is 5.73 Å². The Morgan fingerprint density at radius 2 is 1.35 bits per heavy atom. The molecule has 1 rings (SSSR count). The quantitative estimate of drug-likeness (QED) is 0.564. The molecule has 0 saturated carbocycles. The molecule has 0 amide bonds. The van der Waals surface area contributed by atoms with Crippen molar-refractivity contribution in [3.8, 4) is 0 Å². The molecule has 1 aromatic carbocycles. The third-order valence-electron chi connectivity index (χ3n) is 3.47. The molecule has 116 valence electrons. The average Bonchev–Trinajstić information content (AvgIpc) is 2.46. The maximum atomic E-state index is 5.44. The minimum absolute atomic E-state index is 0. The molecule has 20 heavy (non-hydrogen) atoms. The molecular formula is C18H34N2. The summed E-state index contributed by atoms with van der Waals surface area (Å²) in [4.78, 5) is 0. The molecule has 2 nitrogen and oxygen atoms in total. The van der Waals surface area contributed by atoms with Crippen molar-refractivity contribution in [3.63, 3.8) is 0 Å². The van der Waals surface area contributed by atoms with E-state index in [-0.39, 0.29) is 7.43 Å². The molecule has 0 fully saturated rings. The van der Waals surface area contributed by atoms with Crippen LogP contribution in [0, 0.1) is 0 Å². The molecular weight excluding hydrogens is 244 g/mol. The van der Waals surface area contributed by atoms with Gasteiger partial charge in [0, 0.05) is 0 Å². The number of rotatable bonds is 12. The minimum Gasteiger partial charge on any atom is -0.330 e. The predicted octanol–water partition coefficient (Wildman–Crippen LogP) is 4.14. The Morgan fingerprint density at radius 3 is 2.05 bits per heavy atom. The molecule has 1 aromatic rings. The van der Waals surface area contributed by atoms with Gasteiger partial charge in [-0.15, -0.1) is 0 Å². The second kappa shape index (κ2) is 14.5. The standard InChI is InChI=1S/C17H30N2.CH4/c18-14-10-16-19-15-9-4-2-1-3-6-11-17-12-7-5-8-13-17;/h5,7-8,12-13,19H,1-4,6,9-11,14-16,18H2;1H4. The molecule has 0 spiro atoms. The summed E-state index contributed by atoms with van der Waals surface area (Å²) in [5, 5.41) is 3.43. The van der Waals surface area contributed by atoms with Gasteiger partial charge in [0.1, 0.15) is 0 Å². The second-order valence-electron chi connectivity index (χ2n) is 5.25. The van der Waals surface area contributed by atoms with Gasteiger partial charge >= 0.3 is 0 Å². The number of unbranched alkanes of at least 4 members (excludes halogenated alkanes) is 5. The van der Waals surface area contributed by atoms with Crippen LogP contribution in [0.1, 0.15) is 57.9 Å². The topological polar surface area (TPSA) is 38.0 Å². The molecule has 0 saturated heterocycles. The maximum absolute atomic E-state index is 5.44. The minimum atomic E-state index is 0. The number of benzene rings is 1. The fraction of sp³-hybridized carbons (Fsp3) is 0.667. The van der Waals surface area contributed by atoms with Crippen molar-refractivity contribution in [1.82, 2.24) is 5.32 Å². The molecule has 0 aliphatic heterocycles. The number of nitrogens with one attached hydrogen (secondary N) is 1. The normalized spacial score (nSPS) is 10.2. The van der Waals surface area contributed by atoms with Crippen molar-refractivity contribution >= 4 is 0 Å². The van der Waals surface area contributed by atoms with Crippen molar-refractivity contribution in [1.29, 1.82) is 0 Å². The SMILES string of the molecule is C.NCCCNCCCCCCCCc1ccccc1. The first-order valence-corrected chi connectivity index (χ1v) is 7.88. The summed E-state index contributed by atoms with van der Waals surface area (Å²) in [7, 11) is 0. The van der Waals surface area contributed by atoms with Gasteiger partial charge in [-0.1, -0.05) is 63.4 Å². The van der Waals surface area contributed by atoms with E-state index in [1.165, 1.54) is 50.5 Å². The monoisotopic (exact) mass is 278 g/mol. The zero-order valence-corrected chi connectivity index (χ0v) is 12.2. The van der Waals surface area contributed by atoms with Crippen LogP contribution in [0.2, 0.25) is 0 Å². The van der Waals surface area contributed by atoms with Crippen LogP contribution >= 0.6 is 0 Å². The van der Waals surface area contributed by atoms with Gasteiger partial charge in [-0.25, -0.2) is 0 Å². The predicted molar refractivity (Wildman–Crippen MR) is 91.1 cm³/mol. The van der Waals surface area contributed by atoms with E-state index in [2.05, 4.69) is 35.6 Å². The molecule has 0 aliphatic rings. The van der Waals surface area contributed by atoms with Crippen LogP contribution in [0.3, 0.4) is 0 Å². The summed E-state index contributed by atoms with van der Waals surface area (Å²) in [6.07, 6.45) is 10.5. The first-order chi connectivity index (χ1) is 9.43. The van der Waals surface area contributed by atoms with Gasteiger partial charge in [0.25, 0.3) is 0 Å². The van der Waals surface area contributed by atoms with Gasteiger partial charge < -0.3 is 11.1 Å². The molecule has 0 atom stereocenters. The van der Waals surface area contributed by atoms with Crippen LogP contribution in [0.25, 0.3) is 0 Å². The first kappa shape index (κ1) is 19.1. The van der Waals surface area contributed by atoms with E-state index in [1.54, 1.807) is 0 Å². The molecule has 3 N–H and O–H groups in total. The summed E-state index contributed by atoms with van der Waals surface area (Å²) in [5.74, 6) is 0. The van der Waals surface area contributed by atoms with Crippen LogP contribution in [-0.2, 0) is 6.42 Å². The van der Waals surface area contributed by atoms with E-state index >= 15 is 0 Å². The molecule has 0 heterocycles. The van der Waals surface area contributed by atoms with Gasteiger partial charge in [0.2, 0.25) is 0 Å². The third-order valence-corrected chi connectivity index (χ3v) is 3.47. The van der Waals surface area contributed by atoms with Gasteiger partial charge in [-0.05, 0) is 50.9 Å². The van der Waals surface area contributed by atoms with Crippen molar-refractivity contribution in [3.05, 3.63) is 35.9 Å². The zero-order valence-electron chi connectivity index (χ0n) is 12.2. The highest BCUT2D eigenvalue weighted by molar-refractivity contribution is 5.14. The highest BCUT2D eigenvalue weighted by Gasteiger charge is 1.94. The van der Waals surface area contributed by atoms with Crippen LogP contribution < -0.4 is 11.1 Å². The lowest BCUT2D eigenvalue weighted by Crippen LogP contribution is -2.19. The Bertz CT molecular complexity index is 285. The van der Waals surface area contributed by atoms with Crippen molar-refractivity contribution in [2.75, 3.05) is 19.6 Å². The summed E-state index contributed by atoms with van der Waals surface area (Å²) in [6.45, 7) is 3.03. The fourth-order valence-corrected chi connectivity index (χ4v) is 2.28. The number of hydrogen-bond acceptors (Lipinski definition) is 2. The van der Waals surface area contributed by atoms with Crippen molar-refractivity contribution < 1.29 is 0 Å². The van der Waals surface area contributed by atoms with Crippen LogP contribution in [0.15, 0.2) is 30.3 Å². The van der Waals surface area contributed by atoms with Crippen LogP contribution in [0.5, 0.6) is 0 Å². The summed E-state index contributed by atoms with van der Waals surface area (Å²) < 4.78 is 0. The summed E-state index contributed by atoms with van der Waals surface area (Å²) in [6, 6.07) is 10.8. The third kappa shape index (κ3) is 11.0. The highest BCUT2D eigenvalue weighted by atomic mass is 14.8. The molecule has 0 radical (unpaired) electrons. The zero-order chi connectivity index (χ0) is 13.6. The number of aryl methyl sites for hydroxylation is 1. The number of hydrogen-bond donors (Lipinski definition) is 2. The largest absolute Gasteiger partial charge is 0.330 e. The van der Waals surface area contributed by atoms with Gasteiger partial charge in [0.15, 0.2) is 0 Å². The van der Waals surface area contributed by atoms with Gasteiger partial charge in [0.05, 0.1) is 0 Å². The Balaban J connectivity index is 0.00000361. The lowest BCUT2D eigenvalue weighted by molar-refractivity contribution is 0.561. The highest BCUT2D eigenvalue weighted by Crippen LogP contribution is 2.09. The lowest BCUT2D eigenvalue weighted by atomic mass is 10.1. The molecule has 0 aromatic heterocycles. The smallest absolute Gasteiger partial charge is 0.00369 e. The molecule has 2 heteroatoms. The Morgan fingerprint density at radius 1 is 0.750 bits per heavy atom. The van der Waals surface area contributed by atoms with E-state index < -0.39 is 0 Å². The Hall–Kier alpha value is -0.860. The van der Waals surface area contributed by atoms with E-state index in [4.69, 9.17) is 5.73 Å². The van der Waals surface area contributed by atoms with E-state index in [1.807, 2.05) is 0 Å². The van der Waals surface area contributed by atoms with E-state index in [9.17, 15) is 0 Å². The maximum Gasteiger partial charge on any atom is -0.00369 e. The number of nitrogens with two attached hydrogens (primary N) is 1. The summed E-state index contributed by atoms with van der Waals surface area (Å²) in [5.41, 5.74) is 6.92. The lowest BCUT2D eigenvalue weighted by Gasteiger charge is -2.04. The van der Waals surface area contributed by atoms with E-state index in [0.29, 0.717) is 0 Å². The average molecular weight is 278 g/mol. The Kier molecular flexibility index (Phi) is 13.9. The fourth-order valence-electron chi connectivity index (χ4n) is 2.28. The Labute approximate surface area is 126 Å². The molecule has 0 aliphatic carbocycles. The molecule has 0 bridgehead atoms. The first-order valence-electron chi connectivity index (χ1n) is 7.88. The van der Waals surface area contributed by atoms with Gasteiger partial charge in [-0.3, -0.25) is 0 Å². The van der Waals surface area contributed by atoms with Crippen LogP contribution in [-0.4, -0.2) is 19.6 Å².